The second-order valence-corrected chi connectivity index (χ2v) is 7.85. The molecule has 0 spiro atoms. The molecule has 2 aromatic carbocycles. The molecule has 1 aromatic heterocycles. The molecule has 2 amide bonds. The van der Waals surface area contributed by atoms with Gasteiger partial charge in [-0.15, -0.1) is 11.3 Å². The maximum Gasteiger partial charge on any atom is 0.282 e. The number of thiophene rings is 1. The molecule has 28 heavy (non-hydrogen) atoms. The van der Waals surface area contributed by atoms with Crippen molar-refractivity contribution >= 4 is 40.1 Å². The van der Waals surface area contributed by atoms with E-state index in [-0.39, 0.29) is 11.8 Å². The molecule has 0 aliphatic carbocycles. The van der Waals surface area contributed by atoms with Crippen molar-refractivity contribution in [1.82, 2.24) is 0 Å². The Bertz CT molecular complexity index is 1110. The van der Waals surface area contributed by atoms with Gasteiger partial charge in [0.15, 0.2) is 0 Å². The lowest BCUT2D eigenvalue weighted by Crippen LogP contribution is -2.33. The van der Waals surface area contributed by atoms with Crippen LogP contribution in [0.3, 0.4) is 0 Å². The number of carbonyl (C=O) groups is 2. The monoisotopic (exact) mass is 388 g/mol. The Morgan fingerprint density at radius 2 is 1.64 bits per heavy atom. The zero-order chi connectivity index (χ0) is 19.8. The summed E-state index contributed by atoms with van der Waals surface area (Å²) in [5, 5.41) is 5.14. The topological polar surface area (TPSA) is 49.4 Å². The second kappa shape index (κ2) is 7.09. The number of hydrogen-bond acceptors (Lipinski definition) is 4. The minimum Gasteiger partial charge on any atom is -0.350 e. The summed E-state index contributed by atoms with van der Waals surface area (Å²) in [6, 6.07) is 17.2. The molecule has 0 fully saturated rings. The molecular weight excluding hydrogens is 368 g/mol. The van der Waals surface area contributed by atoms with E-state index in [1.807, 2.05) is 80.7 Å². The molecule has 1 aliphatic heterocycles. The van der Waals surface area contributed by atoms with E-state index in [9.17, 15) is 9.59 Å². The Hall–Kier alpha value is -3.18. The van der Waals surface area contributed by atoms with Crippen molar-refractivity contribution in [2.75, 3.05) is 10.2 Å². The fourth-order valence-corrected chi connectivity index (χ4v) is 4.19. The predicted molar refractivity (Wildman–Crippen MR) is 114 cm³/mol. The molecule has 2 heterocycles. The molecule has 0 atom stereocenters. The molecule has 1 N–H and O–H groups in total. The van der Waals surface area contributed by atoms with Gasteiger partial charge >= 0.3 is 0 Å². The Morgan fingerprint density at radius 3 is 2.32 bits per heavy atom. The Kier molecular flexibility index (Phi) is 4.61. The Labute approximate surface area is 168 Å². The van der Waals surface area contributed by atoms with E-state index in [0.29, 0.717) is 17.0 Å². The van der Waals surface area contributed by atoms with E-state index < -0.39 is 0 Å². The van der Waals surface area contributed by atoms with Crippen LogP contribution in [0, 0.1) is 20.8 Å². The molecule has 0 saturated heterocycles. The highest BCUT2D eigenvalue weighted by Crippen LogP contribution is 2.37. The summed E-state index contributed by atoms with van der Waals surface area (Å²) >= 11 is 1.45. The van der Waals surface area contributed by atoms with Crippen molar-refractivity contribution in [3.05, 3.63) is 87.2 Å². The summed E-state index contributed by atoms with van der Waals surface area (Å²) in [6.45, 7) is 5.88. The van der Waals surface area contributed by atoms with Crippen molar-refractivity contribution in [3.63, 3.8) is 0 Å². The summed E-state index contributed by atoms with van der Waals surface area (Å²) in [7, 11) is 0. The van der Waals surface area contributed by atoms with E-state index in [1.54, 1.807) is 0 Å². The van der Waals surface area contributed by atoms with Crippen LogP contribution >= 0.6 is 11.3 Å². The first-order valence-corrected chi connectivity index (χ1v) is 9.92. The minimum atomic E-state index is -0.330. The van der Waals surface area contributed by atoms with Crippen molar-refractivity contribution in [2.24, 2.45) is 0 Å². The van der Waals surface area contributed by atoms with Crippen LogP contribution in [0.25, 0.3) is 5.57 Å². The van der Waals surface area contributed by atoms with E-state index in [0.717, 1.165) is 27.3 Å². The van der Waals surface area contributed by atoms with Crippen LogP contribution in [0.4, 0.5) is 11.4 Å². The molecule has 0 bridgehead atoms. The van der Waals surface area contributed by atoms with Crippen LogP contribution < -0.4 is 10.2 Å². The van der Waals surface area contributed by atoms with Crippen LogP contribution in [-0.4, -0.2) is 11.8 Å². The molecular formula is C23H20N2O2S. The highest BCUT2D eigenvalue weighted by atomic mass is 32.1. The number of anilines is 2. The number of hydrogen-bond donors (Lipinski definition) is 1. The van der Waals surface area contributed by atoms with E-state index >= 15 is 0 Å². The van der Waals surface area contributed by atoms with E-state index in [2.05, 4.69) is 5.32 Å². The van der Waals surface area contributed by atoms with Crippen LogP contribution in [0.1, 0.15) is 21.6 Å². The van der Waals surface area contributed by atoms with Crippen LogP contribution in [0.5, 0.6) is 0 Å². The maximum atomic E-state index is 13.4. The summed E-state index contributed by atoms with van der Waals surface area (Å²) in [4.78, 5) is 28.8. The van der Waals surface area contributed by atoms with E-state index in [4.69, 9.17) is 0 Å². The lowest BCUT2D eigenvalue weighted by Gasteiger charge is -2.18. The van der Waals surface area contributed by atoms with Crippen molar-refractivity contribution in [1.29, 1.82) is 0 Å². The van der Waals surface area contributed by atoms with Gasteiger partial charge in [0.2, 0.25) is 0 Å². The molecule has 0 unspecified atom stereocenters. The zero-order valence-corrected chi connectivity index (χ0v) is 16.8. The van der Waals surface area contributed by atoms with E-state index in [1.165, 1.54) is 16.2 Å². The molecule has 4 rings (SSSR count). The van der Waals surface area contributed by atoms with Gasteiger partial charge in [-0.25, -0.2) is 4.90 Å². The largest absolute Gasteiger partial charge is 0.350 e. The fraction of sp³-hybridized carbons (Fsp3) is 0.130. The quantitative estimate of drug-likeness (QED) is 0.635. The summed E-state index contributed by atoms with van der Waals surface area (Å²) in [5.74, 6) is -0.626. The molecule has 0 saturated carbocycles. The first-order chi connectivity index (χ1) is 13.5. The summed E-state index contributed by atoms with van der Waals surface area (Å²) < 4.78 is 0. The SMILES string of the molecule is Cc1ccc(N2C(=O)C(Nc3ccccc3C)=C(c3cccs3)C2=O)c(C)c1. The highest BCUT2D eigenvalue weighted by Gasteiger charge is 2.41. The average molecular weight is 388 g/mol. The maximum absolute atomic E-state index is 13.4. The lowest BCUT2D eigenvalue weighted by atomic mass is 10.1. The third-order valence-corrected chi connectivity index (χ3v) is 5.74. The Morgan fingerprint density at radius 1 is 0.857 bits per heavy atom. The predicted octanol–water partition coefficient (Wildman–Crippen LogP) is 5.07. The molecule has 5 heteroatoms. The van der Waals surface area contributed by atoms with Crippen molar-refractivity contribution < 1.29 is 9.59 Å². The van der Waals surface area contributed by atoms with Gasteiger partial charge in [-0.05, 0) is 55.5 Å². The Balaban J connectivity index is 1.83. The highest BCUT2D eigenvalue weighted by molar-refractivity contribution is 7.11. The average Bonchev–Trinajstić information content (AvgIpc) is 3.25. The third kappa shape index (κ3) is 3.04. The van der Waals surface area contributed by atoms with Gasteiger partial charge in [0.05, 0.1) is 11.3 Å². The van der Waals surface area contributed by atoms with Gasteiger partial charge < -0.3 is 5.32 Å². The number of rotatable bonds is 4. The second-order valence-electron chi connectivity index (χ2n) is 6.90. The van der Waals surface area contributed by atoms with Crippen LogP contribution in [0.2, 0.25) is 0 Å². The van der Waals surface area contributed by atoms with Crippen molar-refractivity contribution in [3.8, 4) is 0 Å². The molecule has 4 nitrogen and oxygen atoms in total. The zero-order valence-electron chi connectivity index (χ0n) is 15.9. The van der Waals surface area contributed by atoms with Crippen LogP contribution in [-0.2, 0) is 9.59 Å². The fourth-order valence-electron chi connectivity index (χ4n) is 3.42. The normalized spacial score (nSPS) is 14.2. The first kappa shape index (κ1) is 18.2. The van der Waals surface area contributed by atoms with Gasteiger partial charge in [-0.3, -0.25) is 9.59 Å². The smallest absolute Gasteiger partial charge is 0.282 e. The van der Waals surface area contributed by atoms with Gasteiger partial charge in [-0.2, -0.15) is 0 Å². The lowest BCUT2D eigenvalue weighted by molar-refractivity contribution is -0.120. The van der Waals surface area contributed by atoms with Gasteiger partial charge in [0, 0.05) is 10.6 Å². The number of nitrogens with one attached hydrogen (secondary N) is 1. The molecule has 1 aliphatic rings. The minimum absolute atomic E-state index is 0.296. The number of para-hydroxylation sites is 1. The number of aryl methyl sites for hydroxylation is 3. The summed E-state index contributed by atoms with van der Waals surface area (Å²) in [6.07, 6.45) is 0. The van der Waals surface area contributed by atoms with Gasteiger partial charge in [0.25, 0.3) is 11.8 Å². The molecule has 3 aromatic rings. The molecule has 0 radical (unpaired) electrons. The molecule has 140 valence electrons. The number of benzene rings is 2. The first-order valence-electron chi connectivity index (χ1n) is 9.04. The van der Waals surface area contributed by atoms with Crippen LogP contribution in [0.15, 0.2) is 65.7 Å². The summed E-state index contributed by atoms with van der Waals surface area (Å²) in [5.41, 5.74) is 5.16. The number of nitrogens with zero attached hydrogens (tertiary/aromatic N) is 1. The standard InChI is InChI=1S/C23H20N2O2S/c1-14-10-11-18(16(3)13-14)25-22(26)20(19-9-6-12-28-19)21(23(25)27)24-17-8-5-4-7-15(17)2/h4-13,24H,1-3H3. The number of imide groups is 1. The van der Waals surface area contributed by atoms with Gasteiger partial charge in [0.1, 0.15) is 5.70 Å². The number of carbonyl (C=O) groups excluding carboxylic acids is 2. The number of amides is 2. The third-order valence-electron chi connectivity index (χ3n) is 4.85. The van der Waals surface area contributed by atoms with Crippen molar-refractivity contribution in [2.45, 2.75) is 20.8 Å². The van der Waals surface area contributed by atoms with Gasteiger partial charge in [-0.1, -0.05) is 42.0 Å².